The lowest BCUT2D eigenvalue weighted by molar-refractivity contribution is -0.145. The maximum Gasteiger partial charge on any atom is 0.311 e. The molecule has 0 spiro atoms. The van der Waals surface area contributed by atoms with Gasteiger partial charge in [0.1, 0.15) is 12.4 Å². The number of hydrogen-bond donors (Lipinski definition) is 0. The molecule has 0 saturated carbocycles. The van der Waals surface area contributed by atoms with Crippen LogP contribution >= 0.6 is 0 Å². The van der Waals surface area contributed by atoms with E-state index in [0.29, 0.717) is 13.2 Å². The minimum Gasteiger partial charge on any atom is -0.489 e. The number of esters is 1. The number of rotatable bonds is 5. The van der Waals surface area contributed by atoms with Crippen molar-refractivity contribution in [3.63, 3.8) is 0 Å². The first-order valence-corrected chi connectivity index (χ1v) is 7.83. The molecule has 2 aromatic carbocycles. The van der Waals surface area contributed by atoms with Crippen molar-refractivity contribution >= 4 is 17.6 Å². The molecular formula is C19H19NO4. The highest BCUT2D eigenvalue weighted by Crippen LogP contribution is 2.29. The summed E-state index contributed by atoms with van der Waals surface area (Å²) in [6.45, 7) is 0.695. The van der Waals surface area contributed by atoms with Crippen LogP contribution in [0.3, 0.4) is 0 Å². The molecule has 1 saturated heterocycles. The first-order valence-electron chi connectivity index (χ1n) is 7.83. The summed E-state index contributed by atoms with van der Waals surface area (Å²) in [5, 5.41) is 0. The van der Waals surface area contributed by atoms with Crippen LogP contribution in [-0.2, 0) is 20.9 Å². The number of methoxy groups -OCH3 is 1. The average Bonchev–Trinajstić information content (AvgIpc) is 3.02. The molecule has 1 atom stereocenters. The zero-order valence-electron chi connectivity index (χ0n) is 13.5. The van der Waals surface area contributed by atoms with Gasteiger partial charge in [-0.3, -0.25) is 9.59 Å². The third-order valence-corrected chi connectivity index (χ3v) is 4.08. The van der Waals surface area contributed by atoms with Crippen LogP contribution in [0.15, 0.2) is 54.6 Å². The minimum atomic E-state index is -0.411. The van der Waals surface area contributed by atoms with E-state index in [2.05, 4.69) is 0 Å². The molecule has 0 aliphatic carbocycles. The van der Waals surface area contributed by atoms with Crippen molar-refractivity contribution in [2.24, 2.45) is 5.92 Å². The first-order chi connectivity index (χ1) is 11.7. The van der Waals surface area contributed by atoms with Gasteiger partial charge in [-0.25, -0.2) is 0 Å². The highest BCUT2D eigenvalue weighted by molar-refractivity contribution is 6.00. The van der Waals surface area contributed by atoms with E-state index in [1.54, 1.807) is 4.90 Å². The second-order valence-electron chi connectivity index (χ2n) is 5.66. The Hall–Kier alpha value is -2.82. The average molecular weight is 325 g/mol. The SMILES string of the molecule is COC(=O)C1CC(=O)N(c2ccccc2COc2ccccc2)C1. The standard InChI is InChI=1S/C19H19NO4/c1-23-19(22)15-11-18(21)20(12-15)17-10-6-5-7-14(17)13-24-16-8-3-2-4-9-16/h2-10,15H,11-13H2,1H3. The molecule has 1 aliphatic rings. The Labute approximate surface area is 140 Å². The zero-order valence-corrected chi connectivity index (χ0v) is 13.5. The van der Waals surface area contributed by atoms with Gasteiger partial charge in [0, 0.05) is 18.5 Å². The quantitative estimate of drug-likeness (QED) is 0.793. The van der Waals surface area contributed by atoms with Crippen LogP contribution in [-0.4, -0.2) is 25.5 Å². The largest absolute Gasteiger partial charge is 0.489 e. The van der Waals surface area contributed by atoms with E-state index in [4.69, 9.17) is 9.47 Å². The van der Waals surface area contributed by atoms with Gasteiger partial charge in [-0.15, -0.1) is 0 Å². The van der Waals surface area contributed by atoms with Crippen LogP contribution in [0, 0.1) is 5.92 Å². The smallest absolute Gasteiger partial charge is 0.311 e. The van der Waals surface area contributed by atoms with Crippen molar-refractivity contribution in [1.29, 1.82) is 0 Å². The maximum absolute atomic E-state index is 12.3. The van der Waals surface area contributed by atoms with E-state index >= 15 is 0 Å². The Morgan fingerprint density at radius 2 is 1.83 bits per heavy atom. The third kappa shape index (κ3) is 3.40. The number of ether oxygens (including phenoxy) is 2. The molecule has 1 aliphatic heterocycles. The predicted octanol–water partition coefficient (Wildman–Crippen LogP) is 2.79. The maximum atomic E-state index is 12.3. The molecule has 5 nitrogen and oxygen atoms in total. The van der Waals surface area contributed by atoms with Gasteiger partial charge in [0.25, 0.3) is 0 Å². The van der Waals surface area contributed by atoms with Crippen molar-refractivity contribution in [3.8, 4) is 5.75 Å². The van der Waals surface area contributed by atoms with Crippen LogP contribution in [0.2, 0.25) is 0 Å². The fourth-order valence-corrected chi connectivity index (χ4v) is 2.84. The Kier molecular flexibility index (Phi) is 4.79. The van der Waals surface area contributed by atoms with E-state index in [0.717, 1.165) is 17.0 Å². The highest BCUT2D eigenvalue weighted by atomic mass is 16.5. The monoisotopic (exact) mass is 325 g/mol. The normalized spacial score (nSPS) is 17.0. The number of hydrogen-bond acceptors (Lipinski definition) is 4. The highest BCUT2D eigenvalue weighted by Gasteiger charge is 2.36. The Bertz CT molecular complexity index is 729. The Morgan fingerprint density at radius 1 is 1.12 bits per heavy atom. The molecule has 124 valence electrons. The van der Waals surface area contributed by atoms with Crippen LogP contribution < -0.4 is 9.64 Å². The summed E-state index contributed by atoms with van der Waals surface area (Å²) in [5.74, 6) is -0.0560. The van der Waals surface area contributed by atoms with E-state index in [-0.39, 0.29) is 18.3 Å². The molecule has 1 unspecified atom stereocenters. The van der Waals surface area contributed by atoms with Gasteiger partial charge in [0.15, 0.2) is 0 Å². The number of nitrogens with zero attached hydrogens (tertiary/aromatic N) is 1. The molecule has 0 bridgehead atoms. The van der Waals surface area contributed by atoms with Crippen LogP contribution in [0.4, 0.5) is 5.69 Å². The summed E-state index contributed by atoms with van der Waals surface area (Å²) in [7, 11) is 1.34. The number of benzene rings is 2. The van der Waals surface area contributed by atoms with Crippen molar-refractivity contribution in [2.45, 2.75) is 13.0 Å². The second-order valence-corrected chi connectivity index (χ2v) is 5.66. The first kappa shape index (κ1) is 16.1. The molecule has 24 heavy (non-hydrogen) atoms. The number of carbonyl (C=O) groups excluding carboxylic acids is 2. The Balaban J connectivity index is 1.77. The lowest BCUT2D eigenvalue weighted by Gasteiger charge is -2.20. The third-order valence-electron chi connectivity index (χ3n) is 4.08. The van der Waals surface area contributed by atoms with E-state index < -0.39 is 5.92 Å². The van der Waals surface area contributed by atoms with Gasteiger partial charge in [-0.2, -0.15) is 0 Å². The number of amides is 1. The number of anilines is 1. The van der Waals surface area contributed by atoms with Crippen LogP contribution in [0.25, 0.3) is 0 Å². The molecule has 1 heterocycles. The predicted molar refractivity (Wildman–Crippen MR) is 89.7 cm³/mol. The molecule has 2 aromatic rings. The molecule has 0 N–H and O–H groups in total. The molecular weight excluding hydrogens is 306 g/mol. The summed E-state index contributed by atoms with van der Waals surface area (Å²) in [5.41, 5.74) is 1.69. The van der Waals surface area contributed by atoms with Crippen molar-refractivity contribution in [3.05, 3.63) is 60.2 Å². The fourth-order valence-electron chi connectivity index (χ4n) is 2.84. The summed E-state index contributed by atoms with van der Waals surface area (Å²) < 4.78 is 10.6. The number of para-hydroxylation sites is 2. The molecule has 0 aromatic heterocycles. The summed E-state index contributed by atoms with van der Waals surface area (Å²) in [4.78, 5) is 25.7. The summed E-state index contributed by atoms with van der Waals surface area (Å²) in [6.07, 6.45) is 0.181. The lowest BCUT2D eigenvalue weighted by Crippen LogP contribution is -2.27. The van der Waals surface area contributed by atoms with Crippen LogP contribution in [0.5, 0.6) is 5.75 Å². The van der Waals surface area contributed by atoms with E-state index in [1.165, 1.54) is 7.11 Å². The summed E-state index contributed by atoms with van der Waals surface area (Å²) >= 11 is 0. The van der Waals surface area contributed by atoms with Gasteiger partial charge in [0.05, 0.1) is 18.7 Å². The van der Waals surface area contributed by atoms with Gasteiger partial charge in [-0.1, -0.05) is 36.4 Å². The second kappa shape index (κ2) is 7.17. The van der Waals surface area contributed by atoms with Gasteiger partial charge in [0.2, 0.25) is 5.91 Å². The fraction of sp³-hybridized carbons (Fsp3) is 0.263. The lowest BCUT2D eigenvalue weighted by atomic mass is 10.1. The van der Waals surface area contributed by atoms with Crippen LogP contribution in [0.1, 0.15) is 12.0 Å². The van der Waals surface area contributed by atoms with E-state index in [9.17, 15) is 9.59 Å². The topological polar surface area (TPSA) is 55.8 Å². The molecule has 1 fully saturated rings. The van der Waals surface area contributed by atoms with Gasteiger partial charge >= 0.3 is 5.97 Å². The molecule has 1 amide bonds. The Morgan fingerprint density at radius 3 is 2.58 bits per heavy atom. The molecule has 0 radical (unpaired) electrons. The van der Waals surface area contributed by atoms with Gasteiger partial charge < -0.3 is 14.4 Å². The van der Waals surface area contributed by atoms with Crippen molar-refractivity contribution < 1.29 is 19.1 Å². The molecule has 5 heteroatoms. The summed E-state index contributed by atoms with van der Waals surface area (Å²) in [6, 6.07) is 17.1. The minimum absolute atomic E-state index is 0.0717. The van der Waals surface area contributed by atoms with Crippen molar-refractivity contribution in [2.75, 3.05) is 18.6 Å². The van der Waals surface area contributed by atoms with E-state index in [1.807, 2.05) is 54.6 Å². The number of carbonyl (C=O) groups is 2. The van der Waals surface area contributed by atoms with Crippen molar-refractivity contribution in [1.82, 2.24) is 0 Å². The zero-order chi connectivity index (χ0) is 16.9. The molecule has 3 rings (SSSR count). The van der Waals surface area contributed by atoms with Gasteiger partial charge in [-0.05, 0) is 18.2 Å².